The lowest BCUT2D eigenvalue weighted by Crippen LogP contribution is -2.42. The summed E-state index contributed by atoms with van der Waals surface area (Å²) in [5.41, 5.74) is 5.59. The summed E-state index contributed by atoms with van der Waals surface area (Å²) in [6.45, 7) is 1.26. The van der Waals surface area contributed by atoms with Gasteiger partial charge < -0.3 is 19.7 Å². The van der Waals surface area contributed by atoms with E-state index < -0.39 is 17.6 Å². The molecule has 4 heterocycles. The molecule has 184 valence electrons. The molecule has 5 rings (SSSR count). The number of carbonyl (C=O) groups is 2. The van der Waals surface area contributed by atoms with Crippen molar-refractivity contribution in [3.63, 3.8) is 0 Å². The molecule has 2 aromatic heterocycles. The predicted molar refractivity (Wildman–Crippen MR) is 136 cm³/mol. The second-order valence-electron chi connectivity index (χ2n) is 8.77. The summed E-state index contributed by atoms with van der Waals surface area (Å²) in [6.07, 6.45) is 4.68. The van der Waals surface area contributed by atoms with Crippen LogP contribution >= 0.6 is 0 Å². The molecule has 1 unspecified atom stereocenters. The summed E-state index contributed by atoms with van der Waals surface area (Å²) < 4.78 is 10.8. The second kappa shape index (κ2) is 10.2. The highest BCUT2D eigenvalue weighted by Crippen LogP contribution is 2.43. The number of rotatable bonds is 6. The van der Waals surface area contributed by atoms with Gasteiger partial charge in [-0.15, -0.1) is 0 Å². The monoisotopic (exact) mass is 484 g/mol. The van der Waals surface area contributed by atoms with E-state index in [1.165, 1.54) is 26.0 Å². The molecule has 8 heteroatoms. The number of pyridine rings is 2. The fraction of sp³-hybridized carbons (Fsp3) is 0.286. The van der Waals surface area contributed by atoms with Gasteiger partial charge in [-0.25, -0.2) is 4.98 Å². The number of fused-ring (bicyclic) bond motifs is 1. The Labute approximate surface area is 210 Å². The Morgan fingerprint density at radius 3 is 2.39 bits per heavy atom. The molecule has 1 saturated heterocycles. The largest absolute Gasteiger partial charge is 0.495 e. The van der Waals surface area contributed by atoms with Crippen LogP contribution in [0.2, 0.25) is 0 Å². The fourth-order valence-electron chi connectivity index (χ4n) is 5.04. The van der Waals surface area contributed by atoms with E-state index in [9.17, 15) is 9.59 Å². The van der Waals surface area contributed by atoms with Crippen molar-refractivity contribution in [1.29, 1.82) is 0 Å². The Kier molecular flexibility index (Phi) is 6.66. The number of aromatic nitrogens is 2. The third-order valence-corrected chi connectivity index (χ3v) is 6.81. The zero-order valence-corrected chi connectivity index (χ0v) is 20.4. The number of carbonyl (C=O) groups excluding carboxylic acids is 2. The molecule has 1 amide bonds. The quantitative estimate of drug-likeness (QED) is 0.533. The molecule has 0 aliphatic carbocycles. The second-order valence-corrected chi connectivity index (χ2v) is 8.77. The number of nitrogens with one attached hydrogen (secondary N) is 1. The molecule has 0 bridgehead atoms. The van der Waals surface area contributed by atoms with E-state index in [1.807, 2.05) is 36.4 Å². The van der Waals surface area contributed by atoms with Gasteiger partial charge in [0.05, 0.1) is 32.0 Å². The van der Waals surface area contributed by atoms with E-state index in [2.05, 4.69) is 27.4 Å². The summed E-state index contributed by atoms with van der Waals surface area (Å²) in [6, 6.07) is 16.1. The van der Waals surface area contributed by atoms with Crippen molar-refractivity contribution >= 4 is 23.0 Å². The van der Waals surface area contributed by atoms with Gasteiger partial charge in [0.2, 0.25) is 11.7 Å². The molecule has 8 nitrogen and oxygen atoms in total. The zero-order valence-electron chi connectivity index (χ0n) is 20.4. The molecule has 2 aliphatic heterocycles. The van der Waals surface area contributed by atoms with Gasteiger partial charge in [-0.2, -0.15) is 0 Å². The van der Waals surface area contributed by atoms with Crippen LogP contribution in [-0.2, 0) is 9.59 Å². The summed E-state index contributed by atoms with van der Waals surface area (Å²) in [5.74, 6) is -0.721. The molecule has 0 saturated carbocycles. The van der Waals surface area contributed by atoms with Crippen LogP contribution in [0.1, 0.15) is 35.6 Å². The number of nitrogens with zero attached hydrogens (tertiary/aromatic N) is 3. The molecular formula is C28H28N4O4. The van der Waals surface area contributed by atoms with Crippen LogP contribution < -0.4 is 14.8 Å². The zero-order chi connectivity index (χ0) is 25.1. The molecule has 1 aromatic carbocycles. The SMILES string of the molecule is COc1cnc(OC)c2c1C(C(=O)C(=O)N1CCC(=C(c3ccccc3)c3ccccn3)CC1)CN2. The van der Waals surface area contributed by atoms with Crippen LogP contribution in [0.3, 0.4) is 0 Å². The lowest BCUT2D eigenvalue weighted by molar-refractivity contribution is -0.145. The van der Waals surface area contributed by atoms with E-state index in [-0.39, 0.29) is 0 Å². The van der Waals surface area contributed by atoms with E-state index in [4.69, 9.17) is 9.47 Å². The van der Waals surface area contributed by atoms with E-state index in [0.717, 1.165) is 16.8 Å². The number of anilines is 1. The average Bonchev–Trinajstić information content (AvgIpc) is 3.39. The predicted octanol–water partition coefficient (Wildman–Crippen LogP) is 3.70. The number of ether oxygens (including phenoxy) is 2. The summed E-state index contributed by atoms with van der Waals surface area (Å²) in [4.78, 5) is 37.1. The lowest BCUT2D eigenvalue weighted by Gasteiger charge is -2.30. The van der Waals surface area contributed by atoms with Gasteiger partial charge in [-0.1, -0.05) is 42.0 Å². The van der Waals surface area contributed by atoms with Crippen molar-refractivity contribution in [2.45, 2.75) is 18.8 Å². The summed E-state index contributed by atoms with van der Waals surface area (Å²) >= 11 is 0. The molecular weight excluding hydrogens is 456 g/mol. The number of likely N-dealkylation sites (tertiary alicyclic amines) is 1. The van der Waals surface area contributed by atoms with Gasteiger partial charge in [0, 0.05) is 37.0 Å². The minimum absolute atomic E-state index is 0.301. The molecule has 1 fully saturated rings. The first-order valence-corrected chi connectivity index (χ1v) is 12.0. The van der Waals surface area contributed by atoms with E-state index >= 15 is 0 Å². The highest BCUT2D eigenvalue weighted by molar-refractivity contribution is 6.38. The van der Waals surface area contributed by atoms with Gasteiger partial charge >= 0.3 is 0 Å². The Balaban J connectivity index is 1.37. The van der Waals surface area contributed by atoms with E-state index in [1.54, 1.807) is 11.1 Å². The highest BCUT2D eigenvalue weighted by Gasteiger charge is 2.39. The minimum atomic E-state index is -0.648. The highest BCUT2D eigenvalue weighted by atomic mass is 16.5. The van der Waals surface area contributed by atoms with Gasteiger partial charge in [-0.3, -0.25) is 14.6 Å². The molecule has 3 aromatic rings. The normalized spacial score (nSPS) is 16.7. The standard InChI is InChI=1S/C28H28N4O4/c1-35-22-17-31-27(36-2)25-24(22)20(16-30-25)26(33)28(34)32-14-11-19(12-15-32)23(18-8-4-3-5-9-18)21-10-6-7-13-29-21/h3-10,13,17,20,30H,11-12,14-16H2,1-2H3. The van der Waals surface area contributed by atoms with Gasteiger partial charge in [0.1, 0.15) is 11.4 Å². The molecule has 1 N–H and O–H groups in total. The molecule has 36 heavy (non-hydrogen) atoms. The smallest absolute Gasteiger partial charge is 0.290 e. The van der Waals surface area contributed by atoms with Crippen molar-refractivity contribution in [3.8, 4) is 11.6 Å². The number of methoxy groups -OCH3 is 2. The van der Waals surface area contributed by atoms with Crippen LogP contribution in [0, 0.1) is 0 Å². The fourth-order valence-corrected chi connectivity index (χ4v) is 5.04. The summed E-state index contributed by atoms with van der Waals surface area (Å²) in [7, 11) is 3.04. The Bertz CT molecular complexity index is 1260. The first-order chi connectivity index (χ1) is 17.6. The minimum Gasteiger partial charge on any atom is -0.495 e. The average molecular weight is 485 g/mol. The number of piperidine rings is 1. The number of Topliss-reactive ketones (excluding diaryl/α,β-unsaturated/α-hetero) is 1. The van der Waals surface area contributed by atoms with Crippen molar-refractivity contribution in [2.75, 3.05) is 39.2 Å². The molecule has 1 atom stereocenters. The first kappa shape index (κ1) is 23.5. The van der Waals surface area contributed by atoms with Crippen LogP contribution in [0.5, 0.6) is 11.6 Å². The molecule has 0 radical (unpaired) electrons. The van der Waals surface area contributed by atoms with Crippen molar-refractivity contribution in [1.82, 2.24) is 14.9 Å². The van der Waals surface area contributed by atoms with Crippen LogP contribution in [0.4, 0.5) is 5.69 Å². The number of benzene rings is 1. The van der Waals surface area contributed by atoms with Gasteiger partial charge in [0.25, 0.3) is 5.91 Å². The Morgan fingerprint density at radius 1 is 0.972 bits per heavy atom. The Morgan fingerprint density at radius 2 is 1.72 bits per heavy atom. The van der Waals surface area contributed by atoms with Crippen molar-refractivity contribution < 1.29 is 19.1 Å². The van der Waals surface area contributed by atoms with Gasteiger partial charge in [-0.05, 0) is 30.5 Å². The topological polar surface area (TPSA) is 93.7 Å². The van der Waals surface area contributed by atoms with Crippen LogP contribution in [-0.4, -0.2) is 60.4 Å². The Hall–Kier alpha value is -4.20. The third-order valence-electron chi connectivity index (χ3n) is 6.81. The number of hydrogen-bond acceptors (Lipinski definition) is 7. The maximum absolute atomic E-state index is 13.4. The molecule has 2 aliphatic rings. The van der Waals surface area contributed by atoms with Gasteiger partial charge in [0.15, 0.2) is 0 Å². The van der Waals surface area contributed by atoms with E-state index in [0.29, 0.717) is 55.4 Å². The van der Waals surface area contributed by atoms with Crippen molar-refractivity contribution in [2.24, 2.45) is 0 Å². The number of amides is 1. The lowest BCUT2D eigenvalue weighted by atomic mass is 9.90. The first-order valence-electron chi connectivity index (χ1n) is 12.0. The number of ketones is 1. The van der Waals surface area contributed by atoms with Crippen LogP contribution in [0.15, 0.2) is 66.5 Å². The summed E-state index contributed by atoms with van der Waals surface area (Å²) in [5, 5.41) is 3.17. The van der Waals surface area contributed by atoms with Crippen molar-refractivity contribution in [3.05, 3.63) is 83.3 Å². The number of hydrogen-bond donors (Lipinski definition) is 1. The third kappa shape index (κ3) is 4.30. The maximum Gasteiger partial charge on any atom is 0.290 e. The molecule has 0 spiro atoms. The van der Waals surface area contributed by atoms with Crippen LogP contribution in [0.25, 0.3) is 5.57 Å². The maximum atomic E-state index is 13.4.